The molecule has 2 N–H and O–H groups in total. The number of anilines is 1. The molecule has 1 aliphatic rings. The molecule has 0 amide bonds. The molecule has 0 saturated heterocycles. The van der Waals surface area contributed by atoms with Gasteiger partial charge in [-0.15, -0.1) is 0 Å². The highest BCUT2D eigenvalue weighted by Crippen LogP contribution is 2.51. The number of nitrogens with zero attached hydrogens (tertiary/aromatic N) is 4. The minimum absolute atomic E-state index is 0.0224. The van der Waals surface area contributed by atoms with E-state index in [0.29, 0.717) is 39.6 Å². The van der Waals surface area contributed by atoms with E-state index < -0.39 is 29.1 Å². The molecule has 2 aromatic heterocycles. The van der Waals surface area contributed by atoms with Crippen LogP contribution < -0.4 is 9.47 Å². The van der Waals surface area contributed by atoms with Gasteiger partial charge in [-0.3, -0.25) is 14.6 Å². The molecule has 2 aromatic carbocycles. The second kappa shape index (κ2) is 13.3. The highest BCUT2D eigenvalue weighted by molar-refractivity contribution is 5.75. The van der Waals surface area contributed by atoms with E-state index in [4.69, 9.17) is 4.42 Å². The highest BCUT2D eigenvalue weighted by atomic mass is 19.4. The molecule has 0 radical (unpaired) electrons. The fraction of sp³-hybridized carbons (Fsp3) is 0.229. The van der Waals surface area contributed by atoms with Crippen molar-refractivity contribution >= 4 is 34.8 Å². The summed E-state index contributed by atoms with van der Waals surface area (Å²) in [4.78, 5) is 29.0. The molecule has 1 atom stereocenters. The smallest absolute Gasteiger partial charge is 0.416 e. The van der Waals surface area contributed by atoms with Gasteiger partial charge in [0.25, 0.3) is 5.52 Å². The van der Waals surface area contributed by atoms with E-state index in [1.54, 1.807) is 77.2 Å². The first-order valence-electron chi connectivity index (χ1n) is 14.7. The quantitative estimate of drug-likeness (QED) is 0.108. The topological polar surface area (TPSA) is 132 Å². The van der Waals surface area contributed by atoms with Crippen molar-refractivity contribution in [1.29, 1.82) is 5.26 Å². The maximum atomic E-state index is 13.9. The lowest BCUT2D eigenvalue weighted by Crippen LogP contribution is -2.36. The Morgan fingerprint density at radius 3 is 2.51 bits per heavy atom. The van der Waals surface area contributed by atoms with Gasteiger partial charge in [0.05, 0.1) is 29.7 Å². The Balaban J connectivity index is 1.61. The van der Waals surface area contributed by atoms with Crippen LogP contribution in [-0.2, 0) is 34.1 Å². The minimum atomic E-state index is -4.60. The van der Waals surface area contributed by atoms with Gasteiger partial charge in [0.15, 0.2) is 6.54 Å². The van der Waals surface area contributed by atoms with Crippen LogP contribution in [0.3, 0.4) is 0 Å². The Labute approximate surface area is 267 Å². The summed E-state index contributed by atoms with van der Waals surface area (Å²) in [5.74, 6) is -1.74. The van der Waals surface area contributed by atoms with E-state index in [1.165, 1.54) is 18.2 Å². The average Bonchev–Trinajstić information content (AvgIpc) is 3.50. The molecule has 0 spiro atoms. The number of aliphatic carboxylic acids is 2. The number of hydrogen-bond donors (Lipinski definition) is 2. The number of allylic oxidation sites excluding steroid dienone is 5. The molecule has 1 aliphatic heterocycles. The van der Waals surface area contributed by atoms with Crippen molar-refractivity contribution in [2.75, 3.05) is 11.4 Å². The molecule has 12 heteroatoms. The molecule has 0 bridgehead atoms. The van der Waals surface area contributed by atoms with Crippen LogP contribution in [0.25, 0.3) is 17.2 Å². The van der Waals surface area contributed by atoms with Gasteiger partial charge in [-0.25, -0.2) is 0 Å². The molecule has 0 fully saturated rings. The van der Waals surface area contributed by atoms with Crippen LogP contribution in [0.2, 0.25) is 0 Å². The van der Waals surface area contributed by atoms with Crippen LogP contribution in [0.1, 0.15) is 42.5 Å². The number of rotatable bonds is 11. The predicted molar refractivity (Wildman–Crippen MR) is 166 cm³/mol. The number of para-hydroxylation sites is 2. The number of benzene rings is 2. The van der Waals surface area contributed by atoms with E-state index >= 15 is 0 Å². The first-order valence-corrected chi connectivity index (χ1v) is 14.7. The van der Waals surface area contributed by atoms with Crippen molar-refractivity contribution in [2.45, 2.75) is 44.3 Å². The first-order chi connectivity index (χ1) is 22.4. The van der Waals surface area contributed by atoms with Gasteiger partial charge in [-0.1, -0.05) is 18.2 Å². The Kier molecular flexibility index (Phi) is 9.28. The van der Waals surface area contributed by atoms with Crippen molar-refractivity contribution in [3.05, 3.63) is 119 Å². The number of fused-ring (bicyclic) bond motifs is 2. The molecule has 47 heavy (non-hydrogen) atoms. The van der Waals surface area contributed by atoms with E-state index in [2.05, 4.69) is 11.1 Å². The number of carboxylic acid groups (broad SMARTS) is 2. The van der Waals surface area contributed by atoms with Crippen molar-refractivity contribution < 1.29 is 42.0 Å². The molecule has 240 valence electrons. The zero-order valence-electron chi connectivity index (χ0n) is 25.2. The summed E-state index contributed by atoms with van der Waals surface area (Å²) in [7, 11) is 0. The Morgan fingerprint density at radius 1 is 1.09 bits per heavy atom. The second-order valence-corrected chi connectivity index (χ2v) is 11.2. The average molecular weight is 644 g/mol. The molecule has 9 nitrogen and oxygen atoms in total. The summed E-state index contributed by atoms with van der Waals surface area (Å²) in [5, 5.41) is 28.8. The molecule has 5 rings (SSSR count). The third kappa shape index (κ3) is 7.09. The predicted octanol–water partition coefficient (Wildman–Crippen LogP) is 6.45. The van der Waals surface area contributed by atoms with Crippen molar-refractivity contribution in [3.8, 4) is 6.07 Å². The summed E-state index contributed by atoms with van der Waals surface area (Å²) in [6.45, 7) is 1.89. The van der Waals surface area contributed by atoms with Crippen LogP contribution in [-0.4, -0.2) is 33.7 Å². The number of oxazole rings is 1. The van der Waals surface area contributed by atoms with Gasteiger partial charge in [0.2, 0.25) is 5.58 Å². The number of nitriles is 1. The van der Waals surface area contributed by atoms with Gasteiger partial charge in [0.1, 0.15) is 6.42 Å². The zero-order valence-corrected chi connectivity index (χ0v) is 25.2. The third-order valence-corrected chi connectivity index (χ3v) is 8.02. The fourth-order valence-electron chi connectivity index (χ4n) is 5.80. The molecule has 1 unspecified atom stereocenters. The summed E-state index contributed by atoms with van der Waals surface area (Å²) >= 11 is 0. The Bertz CT molecular complexity index is 1960. The van der Waals surface area contributed by atoms with Crippen molar-refractivity contribution in [1.82, 2.24) is 4.98 Å². The SMILES string of the molecule is CC1(Cc2ccccn2)\C(=C/C=C(C#N)/C=C/c2oc3ccccc3[n+]2CCC(=O)O)N(CCC(=O)O)c2ccc(C(F)(F)F)cc21. The van der Waals surface area contributed by atoms with E-state index in [9.17, 15) is 38.2 Å². The highest BCUT2D eigenvalue weighted by Gasteiger charge is 2.45. The first kappa shape index (κ1) is 32.7. The standard InChI is InChI=1S/C35H29F3N4O5/c1-34(21-25-6-4-5-17-40-25)26-20-24(35(36,37)38)11-12-27(26)41(18-15-32(43)44)30(34)13-9-23(22-39)10-14-31-42(19-16-33(45)46)28-7-2-3-8-29(28)47-31/h2-14,17,20H,15-16,18-19,21H2,1H3,(H-,43,44,45,46)/p+1. The summed E-state index contributed by atoms with van der Waals surface area (Å²) in [5.41, 5.74) is 1.37. The lowest BCUT2D eigenvalue weighted by molar-refractivity contribution is -0.677. The maximum absolute atomic E-state index is 13.9. The van der Waals surface area contributed by atoms with Crippen LogP contribution in [0.4, 0.5) is 18.9 Å². The number of carbonyl (C=O) groups is 2. The molecular weight excluding hydrogens is 613 g/mol. The van der Waals surface area contributed by atoms with Gasteiger partial charge < -0.3 is 19.5 Å². The summed E-state index contributed by atoms with van der Waals surface area (Å²) in [6.07, 6.45) is 2.92. The number of aryl methyl sites for hydroxylation is 1. The number of aromatic nitrogens is 2. The van der Waals surface area contributed by atoms with Crippen LogP contribution >= 0.6 is 0 Å². The molecular formula is C35H30F3N4O5+. The lowest BCUT2D eigenvalue weighted by Gasteiger charge is -2.30. The number of carboxylic acids is 2. The van der Waals surface area contributed by atoms with Gasteiger partial charge in [-0.2, -0.15) is 23.0 Å². The number of pyridine rings is 1. The van der Waals surface area contributed by atoms with Gasteiger partial charge in [-0.05, 0) is 67.1 Å². The number of alkyl halides is 3. The van der Waals surface area contributed by atoms with Gasteiger partial charge in [0, 0.05) is 47.7 Å². The van der Waals surface area contributed by atoms with Gasteiger partial charge >= 0.3 is 24.0 Å². The maximum Gasteiger partial charge on any atom is 0.416 e. The van der Waals surface area contributed by atoms with Crippen LogP contribution in [0.5, 0.6) is 0 Å². The van der Waals surface area contributed by atoms with E-state index in [1.807, 2.05) is 0 Å². The lowest BCUT2D eigenvalue weighted by atomic mass is 9.77. The molecule has 0 saturated carbocycles. The van der Waals surface area contributed by atoms with E-state index in [-0.39, 0.29) is 37.9 Å². The number of hydrogen-bond acceptors (Lipinski definition) is 6. The normalized spacial score (nSPS) is 17.4. The zero-order chi connectivity index (χ0) is 33.8. The molecule has 0 aliphatic carbocycles. The fourth-order valence-corrected chi connectivity index (χ4v) is 5.80. The van der Waals surface area contributed by atoms with Crippen molar-refractivity contribution in [2.24, 2.45) is 0 Å². The largest absolute Gasteiger partial charge is 0.481 e. The summed E-state index contributed by atoms with van der Waals surface area (Å²) in [6, 6.07) is 17.9. The monoisotopic (exact) mass is 643 g/mol. The Hall–Kier alpha value is -5.70. The second-order valence-electron chi connectivity index (χ2n) is 11.2. The molecule has 3 heterocycles. The number of halogens is 3. The molecule has 4 aromatic rings. The van der Waals surface area contributed by atoms with Crippen LogP contribution in [0, 0.1) is 11.3 Å². The summed E-state index contributed by atoms with van der Waals surface area (Å²) < 4.78 is 49.3. The Morgan fingerprint density at radius 2 is 1.83 bits per heavy atom. The third-order valence-electron chi connectivity index (χ3n) is 8.02. The van der Waals surface area contributed by atoms with Crippen LogP contribution in [0.15, 0.2) is 101 Å². The van der Waals surface area contributed by atoms with Crippen molar-refractivity contribution in [3.63, 3.8) is 0 Å². The minimum Gasteiger partial charge on any atom is -0.481 e. The van der Waals surface area contributed by atoms with E-state index in [0.717, 1.165) is 12.1 Å².